The van der Waals surface area contributed by atoms with Crippen LogP contribution in [0.2, 0.25) is 0 Å². The average molecular weight is 459 g/mol. The second-order valence-corrected chi connectivity index (χ2v) is 6.87. The normalized spacial score (nSPS) is 9.67. The van der Waals surface area contributed by atoms with Crippen LogP contribution in [0.1, 0.15) is 12.0 Å². The number of halogens is 1. The Hall–Kier alpha value is -3.72. The number of nitrogens with one attached hydrogen (secondary N) is 1. The second kappa shape index (κ2) is 16.0. The summed E-state index contributed by atoms with van der Waals surface area (Å²) < 4.78 is 18.9. The van der Waals surface area contributed by atoms with Gasteiger partial charge in [-0.15, -0.1) is 0 Å². The molecule has 178 valence electrons. The monoisotopic (exact) mass is 458 g/mol. The summed E-state index contributed by atoms with van der Waals surface area (Å²) in [5.74, 6) is 0.113. The maximum Gasteiger partial charge on any atom is 0.269 e. The molecule has 0 saturated heterocycles. The minimum atomic E-state index is -0.315. The van der Waals surface area contributed by atoms with Crippen LogP contribution in [0.3, 0.4) is 0 Å². The Balaban J connectivity index is 0.000000801. The van der Waals surface area contributed by atoms with Crippen LogP contribution in [-0.4, -0.2) is 67.5 Å². The van der Waals surface area contributed by atoms with Gasteiger partial charge < -0.3 is 25.0 Å². The maximum atomic E-state index is 13.2. The highest BCUT2D eigenvalue weighted by molar-refractivity contribution is 5.92. The number of para-hydroxylation sites is 1. The van der Waals surface area contributed by atoms with Crippen LogP contribution in [0.4, 0.5) is 4.39 Å². The van der Waals surface area contributed by atoms with E-state index in [1.165, 1.54) is 17.0 Å². The molecule has 0 spiro atoms. The summed E-state index contributed by atoms with van der Waals surface area (Å²) in [5.41, 5.74) is 1.11. The van der Waals surface area contributed by atoms with E-state index in [1.807, 2.05) is 30.3 Å². The molecule has 2 rings (SSSR count). The zero-order valence-electron chi connectivity index (χ0n) is 18.8. The number of aliphatic imine (C=N–C) groups is 1. The van der Waals surface area contributed by atoms with E-state index in [2.05, 4.69) is 23.6 Å². The van der Waals surface area contributed by atoms with Gasteiger partial charge in [-0.1, -0.05) is 36.9 Å². The molecule has 0 saturated carbocycles. The SMILES string of the molecule is C=C(C(=O)N(C)CCCO)N(COc1ccccc1)Cc1ccc(F)cc1.C=NCNC=O. The smallest absolute Gasteiger partial charge is 0.269 e. The molecule has 2 aromatic carbocycles. The summed E-state index contributed by atoms with van der Waals surface area (Å²) >= 11 is 0. The van der Waals surface area contributed by atoms with Crippen molar-refractivity contribution in [3.8, 4) is 5.75 Å². The van der Waals surface area contributed by atoms with E-state index in [1.54, 1.807) is 24.1 Å². The molecular formula is C24H31FN4O4. The molecule has 33 heavy (non-hydrogen) atoms. The minimum Gasteiger partial charge on any atom is -0.473 e. The fourth-order valence-corrected chi connectivity index (χ4v) is 2.57. The first kappa shape index (κ1) is 27.3. The number of ether oxygens (including phenoxy) is 1. The van der Waals surface area contributed by atoms with Crippen LogP contribution < -0.4 is 10.1 Å². The summed E-state index contributed by atoms with van der Waals surface area (Å²) in [6, 6.07) is 15.4. The highest BCUT2D eigenvalue weighted by atomic mass is 19.1. The Labute approximate surface area is 194 Å². The van der Waals surface area contributed by atoms with Crippen molar-refractivity contribution in [2.75, 3.05) is 33.6 Å². The van der Waals surface area contributed by atoms with Crippen LogP contribution in [0.15, 0.2) is 71.9 Å². The summed E-state index contributed by atoms with van der Waals surface area (Å²) in [7, 11) is 1.66. The number of carbonyl (C=O) groups is 2. The van der Waals surface area contributed by atoms with Gasteiger partial charge in [0, 0.05) is 26.7 Å². The second-order valence-electron chi connectivity index (χ2n) is 6.87. The molecule has 0 unspecified atom stereocenters. The van der Waals surface area contributed by atoms with Gasteiger partial charge in [-0.25, -0.2) is 4.39 Å². The first-order chi connectivity index (χ1) is 15.9. The molecule has 0 radical (unpaired) electrons. The lowest BCUT2D eigenvalue weighted by molar-refractivity contribution is -0.128. The van der Waals surface area contributed by atoms with Gasteiger partial charge in [-0.3, -0.25) is 14.6 Å². The molecule has 0 aliphatic carbocycles. The average Bonchev–Trinajstić information content (AvgIpc) is 2.85. The lowest BCUT2D eigenvalue weighted by Crippen LogP contribution is -2.38. The van der Waals surface area contributed by atoms with Crippen LogP contribution in [0.25, 0.3) is 0 Å². The summed E-state index contributed by atoms with van der Waals surface area (Å²) in [6.45, 7) is 8.28. The molecule has 0 atom stereocenters. The van der Waals surface area contributed by atoms with E-state index < -0.39 is 0 Å². The van der Waals surface area contributed by atoms with Crippen molar-refractivity contribution in [1.29, 1.82) is 0 Å². The number of aliphatic hydroxyl groups excluding tert-OH is 1. The third-order valence-electron chi connectivity index (χ3n) is 4.33. The number of hydrogen-bond acceptors (Lipinski definition) is 6. The van der Waals surface area contributed by atoms with Crippen molar-refractivity contribution < 1.29 is 23.8 Å². The molecule has 0 aliphatic rings. The molecule has 0 aliphatic heterocycles. The molecule has 8 nitrogen and oxygen atoms in total. The number of nitrogens with zero attached hydrogens (tertiary/aromatic N) is 3. The molecule has 0 bridgehead atoms. The van der Waals surface area contributed by atoms with Crippen LogP contribution in [-0.2, 0) is 16.1 Å². The lowest BCUT2D eigenvalue weighted by atomic mass is 10.2. The first-order valence-corrected chi connectivity index (χ1v) is 10.2. The maximum absolute atomic E-state index is 13.2. The predicted octanol–water partition coefficient (Wildman–Crippen LogP) is 2.41. The van der Waals surface area contributed by atoms with E-state index >= 15 is 0 Å². The summed E-state index contributed by atoms with van der Waals surface area (Å²) in [5, 5.41) is 11.2. The highest BCUT2D eigenvalue weighted by Gasteiger charge is 2.20. The van der Waals surface area contributed by atoms with Crippen molar-refractivity contribution in [1.82, 2.24) is 15.1 Å². The predicted molar refractivity (Wildman–Crippen MR) is 126 cm³/mol. The quantitative estimate of drug-likeness (QED) is 0.158. The minimum absolute atomic E-state index is 0.0144. The Morgan fingerprint density at radius 1 is 1.21 bits per heavy atom. The molecule has 0 fully saturated rings. The zero-order chi connectivity index (χ0) is 24.5. The molecule has 2 N–H and O–H groups in total. The number of carbonyl (C=O) groups excluding carboxylic acids is 2. The topological polar surface area (TPSA) is 94.5 Å². The number of hydrogen-bond donors (Lipinski definition) is 2. The third kappa shape index (κ3) is 10.9. The molecule has 9 heteroatoms. The van der Waals surface area contributed by atoms with Gasteiger partial charge in [0.25, 0.3) is 5.91 Å². The van der Waals surface area contributed by atoms with Gasteiger partial charge in [0.15, 0.2) is 6.73 Å². The standard InChI is InChI=1S/C21H25FN2O3.C3H6N2O/c1-17(21(26)23(2)13-6-14-25)24(15-18-9-11-19(22)12-10-18)16-27-20-7-4-3-5-8-20;1-4-2-5-3-6/h3-5,7-12,25H,1,6,13-16H2,2H3;3H,1-2H2,(H,5,6). The van der Waals surface area contributed by atoms with E-state index in [0.717, 1.165) is 5.56 Å². The van der Waals surface area contributed by atoms with Crippen LogP contribution in [0, 0.1) is 5.82 Å². The number of aliphatic hydroxyl groups is 1. The van der Waals surface area contributed by atoms with Gasteiger partial charge >= 0.3 is 0 Å². The summed E-state index contributed by atoms with van der Waals surface area (Å²) in [4.78, 5) is 28.6. The van der Waals surface area contributed by atoms with Crippen LogP contribution in [0.5, 0.6) is 5.75 Å². The number of likely N-dealkylation sites (N-methyl/N-ethyl adjacent to an activating group) is 1. The van der Waals surface area contributed by atoms with Gasteiger partial charge in [-0.05, 0) is 43.0 Å². The van der Waals surface area contributed by atoms with Gasteiger partial charge in [-0.2, -0.15) is 0 Å². The number of benzene rings is 2. The van der Waals surface area contributed by atoms with Gasteiger partial charge in [0.05, 0.1) is 5.70 Å². The highest BCUT2D eigenvalue weighted by Crippen LogP contribution is 2.15. The Kier molecular flexibility index (Phi) is 13.2. The van der Waals surface area contributed by atoms with E-state index in [0.29, 0.717) is 38.3 Å². The van der Waals surface area contributed by atoms with E-state index in [-0.39, 0.29) is 30.8 Å². The van der Waals surface area contributed by atoms with Crippen molar-refractivity contribution in [3.05, 3.63) is 78.3 Å². The summed E-state index contributed by atoms with van der Waals surface area (Å²) in [6.07, 6.45) is 1.07. The number of amides is 2. The van der Waals surface area contributed by atoms with Crippen molar-refractivity contribution in [3.63, 3.8) is 0 Å². The molecule has 2 aromatic rings. The van der Waals surface area contributed by atoms with Crippen molar-refractivity contribution >= 4 is 19.0 Å². The zero-order valence-corrected chi connectivity index (χ0v) is 18.8. The fraction of sp³-hybridized carbons (Fsp3) is 0.292. The Bertz CT molecular complexity index is 855. The Morgan fingerprint density at radius 3 is 2.42 bits per heavy atom. The van der Waals surface area contributed by atoms with Gasteiger partial charge in [0.2, 0.25) is 6.41 Å². The molecule has 0 heterocycles. The van der Waals surface area contributed by atoms with Crippen LogP contribution >= 0.6 is 0 Å². The Morgan fingerprint density at radius 2 is 1.88 bits per heavy atom. The molecule has 0 aromatic heterocycles. The molecule has 2 amide bonds. The number of rotatable bonds is 13. The van der Waals surface area contributed by atoms with Crippen molar-refractivity contribution in [2.24, 2.45) is 4.99 Å². The van der Waals surface area contributed by atoms with E-state index in [9.17, 15) is 14.0 Å². The van der Waals surface area contributed by atoms with E-state index in [4.69, 9.17) is 9.84 Å². The first-order valence-electron chi connectivity index (χ1n) is 10.2. The third-order valence-corrected chi connectivity index (χ3v) is 4.33. The van der Waals surface area contributed by atoms with Gasteiger partial charge in [0.1, 0.15) is 18.2 Å². The van der Waals surface area contributed by atoms with Crippen molar-refractivity contribution in [2.45, 2.75) is 13.0 Å². The lowest BCUT2D eigenvalue weighted by Gasteiger charge is -2.28. The fourth-order valence-electron chi connectivity index (χ4n) is 2.57. The molecular weight excluding hydrogens is 427 g/mol. The largest absolute Gasteiger partial charge is 0.473 e.